The molecule has 16 heavy (non-hydrogen) atoms. The molecular weight excluding hydrogens is 215 g/mol. The highest BCUT2D eigenvalue weighted by Gasteiger charge is 2.50. The Kier molecular flexibility index (Phi) is 4.27. The van der Waals surface area contributed by atoms with E-state index in [-0.39, 0.29) is 18.0 Å². The lowest BCUT2D eigenvalue weighted by atomic mass is 9.99. The number of nitrogens with zero attached hydrogens (tertiary/aromatic N) is 1. The van der Waals surface area contributed by atoms with Crippen LogP contribution in [0.1, 0.15) is 47.0 Å². The first-order valence-electron chi connectivity index (χ1n) is 6.13. The molecule has 1 nitrogen and oxygen atoms in total. The molecule has 0 heterocycles. The van der Waals surface area contributed by atoms with Crippen molar-refractivity contribution in [2.45, 2.75) is 71.3 Å². The van der Waals surface area contributed by atoms with Crippen LogP contribution in [-0.2, 0) is 0 Å². The van der Waals surface area contributed by atoms with Crippen LogP contribution in [0.25, 0.3) is 0 Å². The van der Waals surface area contributed by atoms with Crippen LogP contribution in [0.15, 0.2) is 0 Å². The number of hydrogen-bond donors (Lipinski definition) is 0. The summed E-state index contributed by atoms with van der Waals surface area (Å²) in [6.45, 7) is 7.18. The van der Waals surface area contributed by atoms with Crippen molar-refractivity contribution in [3.8, 4) is 0 Å². The molecule has 0 radical (unpaired) electrons. The lowest BCUT2D eigenvalue weighted by molar-refractivity contribution is -0.202. The van der Waals surface area contributed by atoms with E-state index in [0.717, 1.165) is 19.3 Å². The van der Waals surface area contributed by atoms with E-state index in [1.54, 1.807) is 18.7 Å². The molecule has 1 aliphatic rings. The third-order valence-electron chi connectivity index (χ3n) is 3.36. The van der Waals surface area contributed by atoms with Gasteiger partial charge in [0.1, 0.15) is 6.04 Å². The molecule has 0 aromatic heterocycles. The first-order chi connectivity index (χ1) is 7.29. The highest BCUT2D eigenvalue weighted by molar-refractivity contribution is 4.95. The molecule has 0 saturated heterocycles. The predicted molar refractivity (Wildman–Crippen MR) is 59.3 cm³/mol. The average molecular weight is 237 g/mol. The fourth-order valence-corrected chi connectivity index (χ4v) is 2.34. The van der Waals surface area contributed by atoms with Gasteiger partial charge in [-0.25, -0.2) is 0 Å². The first kappa shape index (κ1) is 13.8. The van der Waals surface area contributed by atoms with E-state index < -0.39 is 12.2 Å². The van der Waals surface area contributed by atoms with Crippen molar-refractivity contribution in [2.24, 2.45) is 5.92 Å². The van der Waals surface area contributed by atoms with Crippen LogP contribution < -0.4 is 0 Å². The minimum absolute atomic E-state index is 0.0153. The molecule has 4 heteroatoms. The third kappa shape index (κ3) is 3.12. The van der Waals surface area contributed by atoms with E-state index >= 15 is 0 Å². The average Bonchev–Trinajstić information content (AvgIpc) is 2.93. The summed E-state index contributed by atoms with van der Waals surface area (Å²) in [5.74, 6) is -0.380. The van der Waals surface area contributed by atoms with Gasteiger partial charge in [0.2, 0.25) is 0 Å². The van der Waals surface area contributed by atoms with Crippen molar-refractivity contribution in [3.05, 3.63) is 0 Å². The lowest BCUT2D eigenvalue weighted by Gasteiger charge is -2.39. The molecule has 0 amide bonds. The normalized spacial score (nSPS) is 21.6. The molecule has 0 N–H and O–H groups in total. The summed E-state index contributed by atoms with van der Waals surface area (Å²) in [4.78, 5) is 1.70. The monoisotopic (exact) mass is 237 g/mol. The zero-order valence-electron chi connectivity index (χ0n) is 10.5. The first-order valence-corrected chi connectivity index (χ1v) is 6.13. The molecule has 0 aliphatic heterocycles. The molecular formula is C12H22F3N. The largest absolute Gasteiger partial charge is 0.404 e. The van der Waals surface area contributed by atoms with Crippen LogP contribution in [0.3, 0.4) is 0 Å². The SMILES string of the molecule is CC[C@@H](C)N(C1CC1)[C@H](C(C)C)C(F)(F)F. The maximum Gasteiger partial charge on any atom is 0.404 e. The second-order valence-electron chi connectivity index (χ2n) is 5.17. The zero-order valence-corrected chi connectivity index (χ0v) is 10.5. The number of hydrogen-bond acceptors (Lipinski definition) is 1. The van der Waals surface area contributed by atoms with Crippen molar-refractivity contribution in [3.63, 3.8) is 0 Å². The van der Waals surface area contributed by atoms with Crippen molar-refractivity contribution < 1.29 is 13.2 Å². The molecule has 1 fully saturated rings. The third-order valence-corrected chi connectivity index (χ3v) is 3.36. The van der Waals surface area contributed by atoms with Crippen molar-refractivity contribution in [2.75, 3.05) is 0 Å². The quantitative estimate of drug-likeness (QED) is 0.702. The van der Waals surface area contributed by atoms with Gasteiger partial charge in [-0.05, 0) is 32.1 Å². The highest BCUT2D eigenvalue weighted by atomic mass is 19.4. The summed E-state index contributed by atoms with van der Waals surface area (Å²) in [6, 6.07) is -1.11. The van der Waals surface area contributed by atoms with Crippen LogP contribution in [0, 0.1) is 5.92 Å². The van der Waals surface area contributed by atoms with E-state index in [2.05, 4.69) is 0 Å². The van der Waals surface area contributed by atoms with Crippen LogP contribution in [0.2, 0.25) is 0 Å². The standard InChI is InChI=1S/C12H22F3N/c1-5-9(4)16(10-6-7-10)11(8(2)3)12(13,14)15/h8-11H,5-7H2,1-4H3/t9-,11-/m1/s1. The maximum absolute atomic E-state index is 13.1. The van der Waals surface area contributed by atoms with Crippen LogP contribution >= 0.6 is 0 Å². The zero-order chi connectivity index (χ0) is 12.5. The summed E-state index contributed by atoms with van der Waals surface area (Å²) in [6.07, 6.45) is -1.50. The minimum Gasteiger partial charge on any atom is -0.286 e. The number of halogens is 3. The molecule has 96 valence electrons. The summed E-state index contributed by atoms with van der Waals surface area (Å²) >= 11 is 0. The Balaban J connectivity index is 2.87. The van der Waals surface area contributed by atoms with Crippen molar-refractivity contribution in [1.29, 1.82) is 0 Å². The molecule has 2 atom stereocenters. The summed E-state index contributed by atoms with van der Waals surface area (Å²) < 4.78 is 39.2. The Labute approximate surface area is 96.0 Å². The van der Waals surface area contributed by atoms with E-state index in [4.69, 9.17) is 0 Å². The highest BCUT2D eigenvalue weighted by Crippen LogP contribution is 2.39. The maximum atomic E-state index is 13.1. The summed E-state index contributed by atoms with van der Waals surface area (Å²) in [7, 11) is 0. The Morgan fingerprint density at radius 2 is 1.69 bits per heavy atom. The van der Waals surface area contributed by atoms with Crippen molar-refractivity contribution >= 4 is 0 Å². The number of alkyl halides is 3. The molecule has 1 saturated carbocycles. The van der Waals surface area contributed by atoms with Gasteiger partial charge in [0.25, 0.3) is 0 Å². The Morgan fingerprint density at radius 1 is 1.19 bits per heavy atom. The van der Waals surface area contributed by atoms with E-state index in [1.165, 1.54) is 0 Å². The molecule has 0 aromatic rings. The van der Waals surface area contributed by atoms with Crippen molar-refractivity contribution in [1.82, 2.24) is 4.90 Å². The van der Waals surface area contributed by atoms with Gasteiger partial charge in [0.15, 0.2) is 0 Å². The molecule has 0 aromatic carbocycles. The Hall–Kier alpha value is -0.250. The van der Waals surface area contributed by atoms with Crippen LogP contribution in [-0.4, -0.2) is 29.2 Å². The number of rotatable bonds is 5. The lowest BCUT2D eigenvalue weighted by Crippen LogP contribution is -2.53. The van der Waals surface area contributed by atoms with Gasteiger partial charge in [0.05, 0.1) is 0 Å². The molecule has 0 unspecified atom stereocenters. The molecule has 1 rings (SSSR count). The van der Waals surface area contributed by atoms with Gasteiger partial charge in [-0.2, -0.15) is 13.2 Å². The van der Waals surface area contributed by atoms with E-state index in [0.29, 0.717) is 0 Å². The van der Waals surface area contributed by atoms with Gasteiger partial charge < -0.3 is 0 Å². The fraction of sp³-hybridized carbons (Fsp3) is 1.00. The van der Waals surface area contributed by atoms with E-state index in [1.807, 2.05) is 13.8 Å². The summed E-state index contributed by atoms with van der Waals surface area (Å²) in [5, 5.41) is 0. The van der Waals surface area contributed by atoms with Gasteiger partial charge in [0, 0.05) is 12.1 Å². The molecule has 0 spiro atoms. The van der Waals surface area contributed by atoms with Gasteiger partial charge in [-0.15, -0.1) is 0 Å². The Bertz CT molecular complexity index is 221. The smallest absolute Gasteiger partial charge is 0.286 e. The van der Waals surface area contributed by atoms with Crippen LogP contribution in [0.5, 0.6) is 0 Å². The second kappa shape index (κ2) is 4.94. The fourth-order valence-electron chi connectivity index (χ4n) is 2.34. The predicted octanol–water partition coefficient (Wildman–Crippen LogP) is 3.84. The van der Waals surface area contributed by atoms with Gasteiger partial charge in [-0.1, -0.05) is 20.8 Å². The molecule has 1 aliphatic carbocycles. The summed E-state index contributed by atoms with van der Waals surface area (Å²) in [5.41, 5.74) is 0. The van der Waals surface area contributed by atoms with E-state index in [9.17, 15) is 13.2 Å². The van der Waals surface area contributed by atoms with Gasteiger partial charge >= 0.3 is 6.18 Å². The Morgan fingerprint density at radius 3 is 1.94 bits per heavy atom. The molecule has 0 bridgehead atoms. The second-order valence-corrected chi connectivity index (χ2v) is 5.17. The van der Waals surface area contributed by atoms with Gasteiger partial charge in [-0.3, -0.25) is 4.90 Å². The topological polar surface area (TPSA) is 3.24 Å². The minimum atomic E-state index is -4.11. The van der Waals surface area contributed by atoms with Crippen LogP contribution in [0.4, 0.5) is 13.2 Å².